The molecule has 0 aliphatic carbocycles. The van der Waals surface area contributed by atoms with Crippen LogP contribution in [0, 0.1) is 0 Å². The smallest absolute Gasteiger partial charge is 0.249 e. The van der Waals surface area contributed by atoms with Crippen LogP contribution < -0.4 is 0 Å². The van der Waals surface area contributed by atoms with Gasteiger partial charge >= 0.3 is 0 Å². The Labute approximate surface area is 194 Å². The summed E-state index contributed by atoms with van der Waals surface area (Å²) in [5.41, 5.74) is 3.26. The van der Waals surface area contributed by atoms with Crippen LogP contribution in [0.4, 0.5) is 0 Å². The Kier molecular flexibility index (Phi) is 7.40. The molecule has 0 aromatic heterocycles. The lowest BCUT2D eigenvalue weighted by molar-refractivity contribution is -0.152. The van der Waals surface area contributed by atoms with Crippen molar-refractivity contribution in [2.24, 2.45) is 0 Å². The first-order valence-electron chi connectivity index (χ1n) is 11.6. The Morgan fingerprint density at radius 1 is 0.970 bits per heavy atom. The van der Waals surface area contributed by atoms with Crippen LogP contribution in [-0.2, 0) is 25.5 Å². The number of ether oxygens (including phenoxy) is 1. The molecule has 0 N–H and O–H groups in total. The minimum atomic E-state index is -0.539. The maximum Gasteiger partial charge on any atom is 0.249 e. The van der Waals surface area contributed by atoms with Gasteiger partial charge in [-0.15, -0.1) is 0 Å². The van der Waals surface area contributed by atoms with E-state index >= 15 is 0 Å². The molecule has 4 rings (SSSR count). The lowest BCUT2D eigenvalue weighted by Gasteiger charge is -2.39. The molecule has 7 heteroatoms. The standard InChI is InChI=1S/C26H31N3O4/c1-27-14-15-29(25(31)19-33-17-16-28-13-5-8-24(28)30)23(26(27)32)18-20-9-11-22(12-10-20)21-6-3-2-4-7-21/h2-4,6-7,9-12,23H,5,8,13-19H2,1H3/t23-/m1/s1. The van der Waals surface area contributed by atoms with Gasteiger partial charge in [0.15, 0.2) is 0 Å². The second-order valence-corrected chi connectivity index (χ2v) is 8.67. The molecule has 2 aliphatic heterocycles. The molecule has 0 radical (unpaired) electrons. The van der Waals surface area contributed by atoms with Crippen molar-refractivity contribution in [2.45, 2.75) is 25.3 Å². The van der Waals surface area contributed by atoms with E-state index in [0.29, 0.717) is 39.1 Å². The molecule has 0 bridgehead atoms. The average molecular weight is 450 g/mol. The number of carbonyl (C=O) groups is 3. The summed E-state index contributed by atoms with van der Waals surface area (Å²) in [6, 6.07) is 17.7. The highest BCUT2D eigenvalue weighted by molar-refractivity contribution is 5.89. The lowest BCUT2D eigenvalue weighted by Crippen LogP contribution is -2.59. The Bertz CT molecular complexity index is 977. The maximum atomic E-state index is 12.9. The van der Waals surface area contributed by atoms with E-state index in [1.165, 1.54) is 0 Å². The Morgan fingerprint density at radius 2 is 1.70 bits per heavy atom. The SMILES string of the molecule is CN1CCN(C(=O)COCCN2CCCC2=O)[C@H](Cc2ccc(-c3ccccc3)cc2)C1=O. The topological polar surface area (TPSA) is 70.2 Å². The van der Waals surface area contributed by atoms with E-state index in [-0.39, 0.29) is 24.3 Å². The molecule has 2 aliphatic rings. The zero-order valence-electron chi connectivity index (χ0n) is 19.1. The highest BCUT2D eigenvalue weighted by Crippen LogP contribution is 2.22. The first-order chi connectivity index (χ1) is 16.0. The summed E-state index contributed by atoms with van der Waals surface area (Å²) in [5, 5.41) is 0. The van der Waals surface area contributed by atoms with Crippen molar-refractivity contribution in [1.29, 1.82) is 0 Å². The lowest BCUT2D eigenvalue weighted by atomic mass is 9.98. The fourth-order valence-electron chi connectivity index (χ4n) is 4.45. The third-order valence-corrected chi connectivity index (χ3v) is 6.43. The normalized spacial score (nSPS) is 18.8. The first-order valence-corrected chi connectivity index (χ1v) is 11.6. The predicted molar refractivity (Wildman–Crippen MR) is 125 cm³/mol. The van der Waals surface area contributed by atoms with Gasteiger partial charge in [-0.25, -0.2) is 0 Å². The van der Waals surface area contributed by atoms with Crippen molar-refractivity contribution in [3.8, 4) is 11.1 Å². The van der Waals surface area contributed by atoms with Gasteiger partial charge in [-0.2, -0.15) is 0 Å². The van der Waals surface area contributed by atoms with Gasteiger partial charge in [-0.3, -0.25) is 14.4 Å². The number of nitrogens with zero attached hydrogens (tertiary/aromatic N) is 3. The molecular weight excluding hydrogens is 418 g/mol. The Morgan fingerprint density at radius 3 is 2.39 bits per heavy atom. The summed E-state index contributed by atoms with van der Waals surface area (Å²) in [6.45, 7) is 2.50. The van der Waals surface area contributed by atoms with Gasteiger partial charge < -0.3 is 19.4 Å². The molecule has 2 aromatic rings. The van der Waals surface area contributed by atoms with Crippen LogP contribution in [0.2, 0.25) is 0 Å². The number of rotatable bonds is 8. The maximum absolute atomic E-state index is 12.9. The third kappa shape index (κ3) is 5.60. The third-order valence-electron chi connectivity index (χ3n) is 6.43. The zero-order chi connectivity index (χ0) is 23.2. The monoisotopic (exact) mass is 449 g/mol. The molecular formula is C26H31N3O4. The van der Waals surface area contributed by atoms with Crippen LogP contribution in [0.5, 0.6) is 0 Å². The van der Waals surface area contributed by atoms with E-state index in [1.54, 1.807) is 21.7 Å². The molecule has 0 unspecified atom stereocenters. The van der Waals surface area contributed by atoms with Crippen LogP contribution in [0.15, 0.2) is 54.6 Å². The van der Waals surface area contributed by atoms with Crippen LogP contribution in [0.3, 0.4) is 0 Å². The van der Waals surface area contributed by atoms with Crippen molar-refractivity contribution in [2.75, 3.05) is 46.4 Å². The summed E-state index contributed by atoms with van der Waals surface area (Å²) in [5.74, 6) is -0.0903. The van der Waals surface area contributed by atoms with E-state index in [2.05, 4.69) is 24.3 Å². The molecule has 2 aromatic carbocycles. The molecule has 0 saturated carbocycles. The molecule has 2 fully saturated rings. The molecule has 3 amide bonds. The predicted octanol–water partition coefficient (Wildman–Crippen LogP) is 2.20. The highest BCUT2D eigenvalue weighted by atomic mass is 16.5. The van der Waals surface area contributed by atoms with Crippen molar-refractivity contribution in [1.82, 2.24) is 14.7 Å². The fourth-order valence-corrected chi connectivity index (χ4v) is 4.45. The summed E-state index contributed by atoms with van der Waals surface area (Å²) < 4.78 is 5.57. The Hall–Kier alpha value is -3.19. The van der Waals surface area contributed by atoms with Crippen molar-refractivity contribution in [3.05, 3.63) is 60.2 Å². The second kappa shape index (κ2) is 10.6. The first kappa shape index (κ1) is 23.0. The number of piperazine rings is 1. The average Bonchev–Trinajstić information content (AvgIpc) is 3.25. The van der Waals surface area contributed by atoms with Gasteiger partial charge in [0.25, 0.3) is 0 Å². The van der Waals surface area contributed by atoms with Crippen LogP contribution in [0.1, 0.15) is 18.4 Å². The molecule has 1 atom stereocenters. The van der Waals surface area contributed by atoms with Gasteiger partial charge in [0.1, 0.15) is 12.6 Å². The number of hydrogen-bond donors (Lipinski definition) is 0. The highest BCUT2D eigenvalue weighted by Gasteiger charge is 2.36. The van der Waals surface area contributed by atoms with E-state index in [1.807, 2.05) is 30.3 Å². The van der Waals surface area contributed by atoms with E-state index in [4.69, 9.17) is 4.74 Å². The van der Waals surface area contributed by atoms with Crippen LogP contribution in [0.25, 0.3) is 11.1 Å². The summed E-state index contributed by atoms with van der Waals surface area (Å²) in [4.78, 5) is 42.6. The summed E-state index contributed by atoms with van der Waals surface area (Å²) >= 11 is 0. The van der Waals surface area contributed by atoms with E-state index < -0.39 is 6.04 Å². The number of benzene rings is 2. The van der Waals surface area contributed by atoms with Crippen molar-refractivity contribution in [3.63, 3.8) is 0 Å². The van der Waals surface area contributed by atoms with E-state index in [0.717, 1.165) is 29.7 Å². The van der Waals surface area contributed by atoms with Gasteiger partial charge in [-0.1, -0.05) is 54.6 Å². The minimum Gasteiger partial charge on any atom is -0.370 e. The van der Waals surface area contributed by atoms with Gasteiger partial charge in [0.2, 0.25) is 17.7 Å². The minimum absolute atomic E-state index is 0.0515. The molecule has 33 heavy (non-hydrogen) atoms. The van der Waals surface area contributed by atoms with Crippen molar-refractivity contribution < 1.29 is 19.1 Å². The quantitative estimate of drug-likeness (QED) is 0.580. The largest absolute Gasteiger partial charge is 0.370 e. The van der Waals surface area contributed by atoms with Gasteiger partial charge in [0.05, 0.1) is 6.61 Å². The molecule has 2 heterocycles. The summed E-state index contributed by atoms with van der Waals surface area (Å²) in [6.07, 6.45) is 1.94. The number of amides is 3. The zero-order valence-corrected chi connectivity index (χ0v) is 19.1. The number of likely N-dealkylation sites (N-methyl/N-ethyl adjacent to an activating group) is 1. The fraction of sp³-hybridized carbons (Fsp3) is 0.423. The second-order valence-electron chi connectivity index (χ2n) is 8.67. The van der Waals surface area contributed by atoms with Crippen molar-refractivity contribution >= 4 is 17.7 Å². The molecule has 174 valence electrons. The molecule has 7 nitrogen and oxygen atoms in total. The van der Waals surface area contributed by atoms with Crippen LogP contribution >= 0.6 is 0 Å². The van der Waals surface area contributed by atoms with Gasteiger partial charge in [0, 0.05) is 46.1 Å². The molecule has 0 spiro atoms. The van der Waals surface area contributed by atoms with Gasteiger partial charge in [-0.05, 0) is 23.1 Å². The number of carbonyl (C=O) groups excluding carboxylic acids is 3. The number of hydrogen-bond acceptors (Lipinski definition) is 4. The summed E-state index contributed by atoms with van der Waals surface area (Å²) in [7, 11) is 1.78. The van der Waals surface area contributed by atoms with E-state index in [9.17, 15) is 14.4 Å². The molecule has 2 saturated heterocycles. The van der Waals surface area contributed by atoms with Crippen LogP contribution in [-0.4, -0.2) is 84.9 Å². The number of likely N-dealkylation sites (tertiary alicyclic amines) is 1. The Balaban J connectivity index is 1.36.